The zero-order valence-electron chi connectivity index (χ0n) is 9.42. The molecule has 1 spiro atoms. The predicted molar refractivity (Wildman–Crippen MR) is 70.4 cm³/mol. The molecule has 1 aromatic carbocycles. The number of alkyl halides is 1. The van der Waals surface area contributed by atoms with E-state index in [9.17, 15) is 0 Å². The fourth-order valence-electron chi connectivity index (χ4n) is 2.62. The van der Waals surface area contributed by atoms with E-state index in [4.69, 9.17) is 21.1 Å². The lowest BCUT2D eigenvalue weighted by Gasteiger charge is -2.33. The highest BCUT2D eigenvalue weighted by molar-refractivity contribution is 9.10. The van der Waals surface area contributed by atoms with Gasteiger partial charge in [0.05, 0.1) is 18.6 Å². The van der Waals surface area contributed by atoms with Crippen LogP contribution >= 0.6 is 27.5 Å². The highest BCUT2D eigenvalue weighted by Crippen LogP contribution is 2.38. The first-order valence-corrected chi connectivity index (χ1v) is 7.19. The molecule has 2 nitrogen and oxygen atoms in total. The topological polar surface area (TPSA) is 18.5 Å². The third kappa shape index (κ3) is 2.26. The summed E-state index contributed by atoms with van der Waals surface area (Å²) in [5, 5.41) is 0. The lowest BCUT2D eigenvalue weighted by atomic mass is 9.87. The quantitative estimate of drug-likeness (QED) is 0.740. The average molecular weight is 318 g/mol. The Morgan fingerprint density at radius 3 is 3.06 bits per heavy atom. The van der Waals surface area contributed by atoms with Gasteiger partial charge in [0.25, 0.3) is 0 Å². The number of aryl methyl sites for hydroxylation is 1. The largest absolute Gasteiger partial charge is 0.347 e. The highest BCUT2D eigenvalue weighted by atomic mass is 79.9. The second-order valence-corrected chi connectivity index (χ2v) is 5.93. The molecule has 0 aromatic heterocycles. The molecule has 2 atom stereocenters. The van der Waals surface area contributed by atoms with Crippen LogP contribution in [0.25, 0.3) is 0 Å². The molecular formula is C13H14BrClO2. The van der Waals surface area contributed by atoms with E-state index < -0.39 is 5.79 Å². The summed E-state index contributed by atoms with van der Waals surface area (Å²) >= 11 is 9.33. The Morgan fingerprint density at radius 1 is 1.41 bits per heavy atom. The van der Waals surface area contributed by atoms with Crippen LogP contribution < -0.4 is 0 Å². The molecule has 2 aliphatic rings. The van der Waals surface area contributed by atoms with Gasteiger partial charge in [-0.1, -0.05) is 22.0 Å². The zero-order valence-corrected chi connectivity index (χ0v) is 11.8. The fourth-order valence-corrected chi connectivity index (χ4v) is 3.18. The third-order valence-corrected chi connectivity index (χ3v) is 4.33. The minimum absolute atomic E-state index is 0.0497. The number of halogens is 2. The van der Waals surface area contributed by atoms with Crippen molar-refractivity contribution in [3.8, 4) is 0 Å². The lowest BCUT2D eigenvalue weighted by molar-refractivity contribution is -0.172. The second kappa shape index (κ2) is 4.54. The van der Waals surface area contributed by atoms with Crippen LogP contribution in [0.15, 0.2) is 22.7 Å². The SMILES string of the molecule is ClCC1COC2(CCc3cc(Br)ccc3C2)O1. The van der Waals surface area contributed by atoms with E-state index >= 15 is 0 Å². The summed E-state index contributed by atoms with van der Waals surface area (Å²) < 4.78 is 13.0. The molecule has 2 unspecified atom stereocenters. The normalized spacial score (nSPS) is 31.8. The molecule has 0 N–H and O–H groups in total. The Kier molecular flexibility index (Phi) is 3.20. The van der Waals surface area contributed by atoms with Gasteiger partial charge in [-0.25, -0.2) is 0 Å². The Bertz CT molecular complexity index is 437. The average Bonchev–Trinajstić information content (AvgIpc) is 2.73. The van der Waals surface area contributed by atoms with Gasteiger partial charge in [-0.2, -0.15) is 0 Å². The molecule has 1 fully saturated rings. The van der Waals surface area contributed by atoms with E-state index in [1.165, 1.54) is 11.1 Å². The maximum absolute atomic E-state index is 5.96. The zero-order chi connectivity index (χ0) is 11.9. The van der Waals surface area contributed by atoms with Gasteiger partial charge in [0, 0.05) is 17.3 Å². The Labute approximate surface area is 114 Å². The van der Waals surface area contributed by atoms with E-state index in [1.54, 1.807) is 0 Å². The van der Waals surface area contributed by atoms with Crippen molar-refractivity contribution < 1.29 is 9.47 Å². The van der Waals surface area contributed by atoms with E-state index in [0.29, 0.717) is 12.5 Å². The first kappa shape index (κ1) is 12.0. The van der Waals surface area contributed by atoms with Crippen LogP contribution in [0.2, 0.25) is 0 Å². The summed E-state index contributed by atoms with van der Waals surface area (Å²) in [6.07, 6.45) is 2.81. The molecule has 1 heterocycles. The molecule has 4 heteroatoms. The summed E-state index contributed by atoms with van der Waals surface area (Å²) in [7, 11) is 0. The van der Waals surface area contributed by atoms with Crippen LogP contribution in [0, 0.1) is 0 Å². The molecule has 3 rings (SSSR count). The first-order chi connectivity index (χ1) is 8.21. The number of ether oxygens (including phenoxy) is 2. The number of fused-ring (bicyclic) bond motifs is 1. The standard InChI is InChI=1S/C13H14BrClO2/c14-11-2-1-10-6-13(4-3-9(10)5-11)16-8-12(7-15)17-13/h1-2,5,12H,3-4,6-8H2. The van der Waals surface area contributed by atoms with E-state index in [2.05, 4.69) is 34.1 Å². The van der Waals surface area contributed by atoms with Crippen molar-refractivity contribution in [2.75, 3.05) is 12.5 Å². The molecule has 0 bridgehead atoms. The summed E-state index contributed by atoms with van der Waals surface area (Å²) in [5.41, 5.74) is 2.72. The van der Waals surface area contributed by atoms with Crippen LogP contribution in [-0.4, -0.2) is 24.4 Å². The van der Waals surface area contributed by atoms with Gasteiger partial charge in [0.2, 0.25) is 0 Å². The van der Waals surface area contributed by atoms with E-state index in [0.717, 1.165) is 23.7 Å². The highest BCUT2D eigenvalue weighted by Gasteiger charge is 2.43. The van der Waals surface area contributed by atoms with Gasteiger partial charge in [0.1, 0.15) is 0 Å². The minimum Gasteiger partial charge on any atom is -0.347 e. The number of hydrogen-bond donors (Lipinski definition) is 0. The molecule has 1 aliphatic carbocycles. The molecule has 1 aromatic rings. The van der Waals surface area contributed by atoms with Crippen LogP contribution in [0.4, 0.5) is 0 Å². The van der Waals surface area contributed by atoms with Crippen LogP contribution in [0.1, 0.15) is 17.5 Å². The molecule has 17 heavy (non-hydrogen) atoms. The summed E-state index contributed by atoms with van der Waals surface area (Å²) in [5.74, 6) is 0.0926. The summed E-state index contributed by atoms with van der Waals surface area (Å²) in [6, 6.07) is 6.42. The van der Waals surface area contributed by atoms with Crippen molar-refractivity contribution in [1.82, 2.24) is 0 Å². The Balaban J connectivity index is 1.83. The van der Waals surface area contributed by atoms with Crippen LogP contribution in [-0.2, 0) is 22.3 Å². The van der Waals surface area contributed by atoms with Crippen LogP contribution in [0.5, 0.6) is 0 Å². The van der Waals surface area contributed by atoms with Crippen molar-refractivity contribution in [1.29, 1.82) is 0 Å². The molecule has 0 radical (unpaired) electrons. The van der Waals surface area contributed by atoms with Crippen molar-refractivity contribution in [3.63, 3.8) is 0 Å². The first-order valence-electron chi connectivity index (χ1n) is 5.86. The van der Waals surface area contributed by atoms with Gasteiger partial charge in [-0.15, -0.1) is 11.6 Å². The Hall–Kier alpha value is -0.0900. The number of rotatable bonds is 1. The smallest absolute Gasteiger partial charge is 0.173 e. The second-order valence-electron chi connectivity index (χ2n) is 4.71. The van der Waals surface area contributed by atoms with Gasteiger partial charge >= 0.3 is 0 Å². The minimum atomic E-state index is -0.416. The van der Waals surface area contributed by atoms with Gasteiger partial charge < -0.3 is 9.47 Å². The maximum Gasteiger partial charge on any atom is 0.173 e. The maximum atomic E-state index is 5.96. The lowest BCUT2D eigenvalue weighted by Crippen LogP contribution is -2.37. The number of benzene rings is 1. The fraction of sp³-hybridized carbons (Fsp3) is 0.538. The van der Waals surface area contributed by atoms with E-state index in [-0.39, 0.29) is 6.10 Å². The van der Waals surface area contributed by atoms with Crippen molar-refractivity contribution >= 4 is 27.5 Å². The van der Waals surface area contributed by atoms with E-state index in [1.807, 2.05) is 0 Å². The van der Waals surface area contributed by atoms with Gasteiger partial charge in [-0.3, -0.25) is 0 Å². The molecule has 0 saturated carbocycles. The van der Waals surface area contributed by atoms with Crippen molar-refractivity contribution in [2.24, 2.45) is 0 Å². The summed E-state index contributed by atoms with van der Waals surface area (Å²) in [4.78, 5) is 0. The predicted octanol–water partition coefficient (Wildman–Crippen LogP) is 3.29. The molecule has 1 aliphatic heterocycles. The van der Waals surface area contributed by atoms with Crippen molar-refractivity contribution in [3.05, 3.63) is 33.8 Å². The van der Waals surface area contributed by atoms with Crippen molar-refractivity contribution in [2.45, 2.75) is 31.2 Å². The third-order valence-electron chi connectivity index (χ3n) is 3.49. The Morgan fingerprint density at radius 2 is 2.29 bits per heavy atom. The van der Waals surface area contributed by atoms with Gasteiger partial charge in [-0.05, 0) is 29.7 Å². The van der Waals surface area contributed by atoms with Crippen LogP contribution in [0.3, 0.4) is 0 Å². The molecular weight excluding hydrogens is 303 g/mol. The molecule has 0 amide bonds. The molecule has 92 valence electrons. The monoisotopic (exact) mass is 316 g/mol. The summed E-state index contributed by atoms with van der Waals surface area (Å²) in [6.45, 7) is 0.620. The molecule has 1 saturated heterocycles. The number of hydrogen-bond acceptors (Lipinski definition) is 2. The van der Waals surface area contributed by atoms with Gasteiger partial charge in [0.15, 0.2) is 5.79 Å².